The van der Waals surface area contributed by atoms with Gasteiger partial charge in [-0.3, -0.25) is 4.79 Å². The number of aliphatic hydroxyl groups is 1. The molecule has 0 aromatic heterocycles. The van der Waals surface area contributed by atoms with Gasteiger partial charge in [-0.05, 0) is 29.9 Å². The Labute approximate surface area is 143 Å². The summed E-state index contributed by atoms with van der Waals surface area (Å²) in [6, 6.07) is 8.39. The zero-order valence-corrected chi connectivity index (χ0v) is 14.5. The van der Waals surface area contributed by atoms with Crippen LogP contribution < -0.4 is 0 Å². The molecule has 0 atom stereocenters. The van der Waals surface area contributed by atoms with E-state index in [2.05, 4.69) is 38.1 Å². The van der Waals surface area contributed by atoms with Crippen LogP contribution in [-0.2, 0) is 22.4 Å². The average molecular weight is 333 g/mol. The zero-order chi connectivity index (χ0) is 17.7. The minimum absolute atomic E-state index is 0.0219. The van der Waals surface area contributed by atoms with Gasteiger partial charge < -0.3 is 15.1 Å². The van der Waals surface area contributed by atoms with Crippen LogP contribution in [0.15, 0.2) is 24.3 Å². The molecule has 0 bridgehead atoms. The summed E-state index contributed by atoms with van der Waals surface area (Å²) < 4.78 is 0. The molecule has 1 heterocycles. The van der Waals surface area contributed by atoms with Crippen molar-refractivity contribution in [1.82, 2.24) is 4.90 Å². The lowest BCUT2D eigenvalue weighted by atomic mass is 9.91. The average Bonchev–Trinajstić information content (AvgIpc) is 2.54. The number of aryl methyl sites for hydroxylation is 1. The number of likely N-dealkylation sites (tertiary alicyclic amines) is 1. The minimum Gasteiger partial charge on any atom is -0.479 e. The maximum atomic E-state index is 12.3. The molecule has 5 nitrogen and oxygen atoms in total. The number of aliphatic carboxylic acids is 1. The Kier molecular flexibility index (Phi) is 5.99. The highest BCUT2D eigenvalue weighted by molar-refractivity contribution is 5.79. The van der Waals surface area contributed by atoms with Crippen molar-refractivity contribution < 1.29 is 19.8 Å². The lowest BCUT2D eigenvalue weighted by molar-refractivity contribution is -0.165. The van der Waals surface area contributed by atoms with Gasteiger partial charge in [0.05, 0.1) is 0 Å². The number of amides is 1. The minimum atomic E-state index is -1.68. The summed E-state index contributed by atoms with van der Waals surface area (Å²) in [5, 5.41) is 18.9. The molecule has 2 rings (SSSR count). The molecule has 1 aromatic rings. The smallest absolute Gasteiger partial charge is 0.335 e. The van der Waals surface area contributed by atoms with Gasteiger partial charge in [-0.15, -0.1) is 0 Å². The number of nitrogens with zero attached hydrogens (tertiary/aromatic N) is 1. The summed E-state index contributed by atoms with van der Waals surface area (Å²) >= 11 is 0. The number of piperidine rings is 1. The number of rotatable bonds is 6. The predicted molar refractivity (Wildman–Crippen MR) is 91.7 cm³/mol. The van der Waals surface area contributed by atoms with Crippen molar-refractivity contribution in [3.63, 3.8) is 0 Å². The first-order chi connectivity index (χ1) is 11.3. The van der Waals surface area contributed by atoms with E-state index >= 15 is 0 Å². The molecule has 5 heteroatoms. The van der Waals surface area contributed by atoms with Crippen molar-refractivity contribution in [2.24, 2.45) is 5.92 Å². The second kappa shape index (κ2) is 7.79. The first-order valence-corrected chi connectivity index (χ1v) is 8.61. The second-order valence-electron chi connectivity index (χ2n) is 7.13. The number of carbonyl (C=O) groups excluding carboxylic acids is 1. The SMILES string of the molecule is CC(C)Cc1ccc(CCC(=O)N2CCC(O)(C(=O)O)CC2)cc1. The number of hydrogen-bond acceptors (Lipinski definition) is 3. The van der Waals surface area contributed by atoms with Gasteiger partial charge >= 0.3 is 5.97 Å². The van der Waals surface area contributed by atoms with Crippen molar-refractivity contribution in [2.75, 3.05) is 13.1 Å². The van der Waals surface area contributed by atoms with Crippen LogP contribution in [-0.4, -0.2) is 45.7 Å². The van der Waals surface area contributed by atoms with Gasteiger partial charge in [-0.25, -0.2) is 4.79 Å². The summed E-state index contributed by atoms with van der Waals surface area (Å²) in [5.41, 5.74) is 0.766. The van der Waals surface area contributed by atoms with Crippen LogP contribution in [0.25, 0.3) is 0 Å². The van der Waals surface area contributed by atoms with Crippen molar-refractivity contribution >= 4 is 11.9 Å². The van der Waals surface area contributed by atoms with Gasteiger partial charge in [-0.2, -0.15) is 0 Å². The Morgan fingerprint density at radius 1 is 1.12 bits per heavy atom. The molecule has 24 heavy (non-hydrogen) atoms. The van der Waals surface area contributed by atoms with Crippen molar-refractivity contribution in [1.29, 1.82) is 0 Å². The van der Waals surface area contributed by atoms with Crippen molar-refractivity contribution in [2.45, 2.75) is 51.6 Å². The molecule has 0 aliphatic carbocycles. The van der Waals surface area contributed by atoms with Crippen LogP contribution >= 0.6 is 0 Å². The number of carboxylic acid groups (broad SMARTS) is 1. The van der Waals surface area contributed by atoms with E-state index in [1.807, 2.05) is 0 Å². The molecule has 0 radical (unpaired) electrons. The monoisotopic (exact) mass is 333 g/mol. The van der Waals surface area contributed by atoms with Crippen LogP contribution in [0.4, 0.5) is 0 Å². The molecule has 0 unspecified atom stereocenters. The lowest BCUT2D eigenvalue weighted by Crippen LogP contribution is -2.50. The molecular weight excluding hydrogens is 306 g/mol. The number of hydrogen-bond donors (Lipinski definition) is 2. The van der Waals surface area contributed by atoms with E-state index in [0.29, 0.717) is 31.8 Å². The van der Waals surface area contributed by atoms with Crippen LogP contribution in [0, 0.1) is 5.92 Å². The summed E-state index contributed by atoms with van der Waals surface area (Å²) in [6.07, 6.45) is 2.34. The van der Waals surface area contributed by atoms with Crippen molar-refractivity contribution in [3.8, 4) is 0 Å². The van der Waals surface area contributed by atoms with Gasteiger partial charge in [-0.1, -0.05) is 38.1 Å². The molecular formula is C19H27NO4. The Bertz CT molecular complexity index is 572. The third kappa shape index (κ3) is 4.81. The normalized spacial score (nSPS) is 17.1. The largest absolute Gasteiger partial charge is 0.479 e. The highest BCUT2D eigenvalue weighted by Crippen LogP contribution is 2.23. The molecule has 1 saturated heterocycles. The second-order valence-corrected chi connectivity index (χ2v) is 7.13. The molecule has 132 valence electrons. The fourth-order valence-electron chi connectivity index (χ4n) is 3.06. The van der Waals surface area contributed by atoms with Crippen LogP contribution in [0.1, 0.15) is 44.2 Å². The molecule has 1 amide bonds. The summed E-state index contributed by atoms with van der Waals surface area (Å²) in [4.78, 5) is 24.9. The fourth-order valence-corrected chi connectivity index (χ4v) is 3.06. The standard InChI is InChI=1S/C19H27NO4/c1-14(2)13-16-5-3-15(4-6-16)7-8-17(21)20-11-9-19(24,10-12-20)18(22)23/h3-6,14,24H,7-13H2,1-2H3,(H,22,23). The lowest BCUT2D eigenvalue weighted by Gasteiger charge is -2.35. The molecule has 1 aliphatic rings. The number of benzene rings is 1. The quantitative estimate of drug-likeness (QED) is 0.837. The molecule has 1 fully saturated rings. The van der Waals surface area contributed by atoms with Crippen LogP contribution in [0.3, 0.4) is 0 Å². The first-order valence-electron chi connectivity index (χ1n) is 8.61. The third-order valence-corrected chi connectivity index (χ3v) is 4.64. The van der Waals surface area contributed by atoms with E-state index in [9.17, 15) is 14.7 Å². The highest BCUT2D eigenvalue weighted by atomic mass is 16.4. The molecule has 1 aliphatic heterocycles. The van der Waals surface area contributed by atoms with Crippen LogP contribution in [0.2, 0.25) is 0 Å². The molecule has 1 aromatic carbocycles. The highest BCUT2D eigenvalue weighted by Gasteiger charge is 2.40. The Morgan fingerprint density at radius 2 is 1.67 bits per heavy atom. The molecule has 0 spiro atoms. The van der Waals surface area contributed by atoms with Gasteiger partial charge in [0.1, 0.15) is 0 Å². The van der Waals surface area contributed by atoms with Gasteiger partial charge in [0.25, 0.3) is 0 Å². The topological polar surface area (TPSA) is 77.8 Å². The number of carbonyl (C=O) groups is 2. The van der Waals surface area contributed by atoms with Gasteiger partial charge in [0.15, 0.2) is 5.60 Å². The number of carboxylic acids is 1. The van der Waals surface area contributed by atoms with E-state index in [4.69, 9.17) is 5.11 Å². The third-order valence-electron chi connectivity index (χ3n) is 4.64. The zero-order valence-electron chi connectivity index (χ0n) is 14.5. The van der Waals surface area contributed by atoms with E-state index in [1.165, 1.54) is 5.56 Å². The fraction of sp³-hybridized carbons (Fsp3) is 0.579. The summed E-state index contributed by atoms with van der Waals surface area (Å²) in [7, 11) is 0. The van der Waals surface area contributed by atoms with Crippen LogP contribution in [0.5, 0.6) is 0 Å². The maximum Gasteiger partial charge on any atom is 0.335 e. The molecule has 2 N–H and O–H groups in total. The molecule has 0 saturated carbocycles. The van der Waals surface area contributed by atoms with E-state index in [-0.39, 0.29) is 18.7 Å². The Morgan fingerprint density at radius 3 is 2.17 bits per heavy atom. The van der Waals surface area contributed by atoms with E-state index in [0.717, 1.165) is 12.0 Å². The van der Waals surface area contributed by atoms with Crippen molar-refractivity contribution in [3.05, 3.63) is 35.4 Å². The van der Waals surface area contributed by atoms with E-state index < -0.39 is 11.6 Å². The summed E-state index contributed by atoms with van der Waals surface area (Å²) in [5.74, 6) is -0.550. The predicted octanol–water partition coefficient (Wildman–Crippen LogP) is 2.26. The first kappa shape index (κ1) is 18.5. The van der Waals surface area contributed by atoms with Gasteiger partial charge in [0.2, 0.25) is 5.91 Å². The Balaban J connectivity index is 1.80. The van der Waals surface area contributed by atoms with E-state index in [1.54, 1.807) is 4.90 Å². The maximum absolute atomic E-state index is 12.3. The Hall–Kier alpha value is -1.88. The summed E-state index contributed by atoms with van der Waals surface area (Å²) in [6.45, 7) is 4.98. The van der Waals surface area contributed by atoms with Gasteiger partial charge in [0, 0.05) is 32.4 Å².